The van der Waals surface area contributed by atoms with E-state index in [2.05, 4.69) is 50.2 Å². The molecule has 0 spiro atoms. The van der Waals surface area contributed by atoms with Crippen molar-refractivity contribution in [1.29, 1.82) is 0 Å². The van der Waals surface area contributed by atoms with Gasteiger partial charge in [-0.1, -0.05) is 37.3 Å². The normalized spacial score (nSPS) is 15.8. The molecule has 0 amide bonds. The maximum Gasteiger partial charge on any atom is 0.231 e. The van der Waals surface area contributed by atoms with Gasteiger partial charge in [-0.2, -0.15) is 0 Å². The van der Waals surface area contributed by atoms with Crippen LogP contribution in [0.5, 0.6) is 11.5 Å². The van der Waals surface area contributed by atoms with E-state index in [0.717, 1.165) is 17.9 Å². The Morgan fingerprint density at radius 1 is 1.10 bits per heavy atom. The van der Waals surface area contributed by atoms with Gasteiger partial charge in [-0.25, -0.2) is 0 Å². The molecule has 1 atom stereocenters. The summed E-state index contributed by atoms with van der Waals surface area (Å²) in [4.78, 5) is 0. The molecule has 1 heterocycles. The zero-order valence-electron chi connectivity index (χ0n) is 12.6. The van der Waals surface area contributed by atoms with Gasteiger partial charge in [-0.3, -0.25) is 0 Å². The molecule has 1 aliphatic heterocycles. The Morgan fingerprint density at radius 3 is 2.62 bits per heavy atom. The van der Waals surface area contributed by atoms with Crippen LogP contribution in [-0.2, 0) is 11.8 Å². The summed E-state index contributed by atoms with van der Waals surface area (Å²) in [5.74, 6) is 1.65. The second-order valence-electron chi connectivity index (χ2n) is 5.94. The fourth-order valence-corrected chi connectivity index (χ4v) is 3.03. The van der Waals surface area contributed by atoms with E-state index < -0.39 is 0 Å². The molecular formula is C18H21NO2. The minimum atomic E-state index is -0.0843. The van der Waals surface area contributed by atoms with Crippen LogP contribution in [-0.4, -0.2) is 13.3 Å². The molecule has 2 aromatic carbocycles. The molecule has 3 rings (SSSR count). The van der Waals surface area contributed by atoms with Crippen LogP contribution in [0.3, 0.4) is 0 Å². The van der Waals surface area contributed by atoms with Gasteiger partial charge in [-0.15, -0.1) is 0 Å². The monoisotopic (exact) mass is 283 g/mol. The van der Waals surface area contributed by atoms with Gasteiger partial charge >= 0.3 is 0 Å². The average molecular weight is 283 g/mol. The van der Waals surface area contributed by atoms with Gasteiger partial charge in [0.05, 0.1) is 0 Å². The SMILES string of the molecule is Cc1ccccc1C(C)(CN)Cc1ccc2c(c1)OCO2. The predicted octanol–water partition coefficient (Wildman–Crippen LogP) is 3.18. The molecule has 0 saturated carbocycles. The molecule has 2 N–H and O–H groups in total. The minimum Gasteiger partial charge on any atom is -0.454 e. The summed E-state index contributed by atoms with van der Waals surface area (Å²) >= 11 is 0. The van der Waals surface area contributed by atoms with Crippen LogP contribution in [0.25, 0.3) is 0 Å². The standard InChI is InChI=1S/C18H21NO2/c1-13-5-3-4-6-15(13)18(2,11-19)10-14-7-8-16-17(9-14)21-12-20-16/h3-9H,10-12,19H2,1-2H3. The van der Waals surface area contributed by atoms with Crippen LogP contribution in [0, 0.1) is 6.92 Å². The lowest BCUT2D eigenvalue weighted by molar-refractivity contribution is 0.174. The maximum atomic E-state index is 6.11. The summed E-state index contributed by atoms with van der Waals surface area (Å²) in [6, 6.07) is 14.6. The number of fused-ring (bicyclic) bond motifs is 1. The number of hydrogen-bond donors (Lipinski definition) is 1. The van der Waals surface area contributed by atoms with Gasteiger partial charge in [0.15, 0.2) is 11.5 Å². The first kappa shape index (κ1) is 14.0. The summed E-state index contributed by atoms with van der Waals surface area (Å²) in [5, 5.41) is 0. The topological polar surface area (TPSA) is 44.5 Å². The quantitative estimate of drug-likeness (QED) is 0.937. The lowest BCUT2D eigenvalue weighted by Crippen LogP contribution is -2.34. The highest BCUT2D eigenvalue weighted by Gasteiger charge is 2.27. The summed E-state index contributed by atoms with van der Waals surface area (Å²) in [7, 11) is 0. The lowest BCUT2D eigenvalue weighted by Gasteiger charge is -2.30. The molecule has 0 bridgehead atoms. The molecule has 2 aromatic rings. The van der Waals surface area contributed by atoms with E-state index in [4.69, 9.17) is 15.2 Å². The molecular weight excluding hydrogens is 262 g/mol. The fourth-order valence-electron chi connectivity index (χ4n) is 3.03. The number of nitrogens with two attached hydrogens (primary N) is 1. The number of rotatable bonds is 4. The van der Waals surface area contributed by atoms with E-state index in [0.29, 0.717) is 13.3 Å². The van der Waals surface area contributed by atoms with E-state index in [-0.39, 0.29) is 5.41 Å². The number of aryl methyl sites for hydroxylation is 1. The summed E-state index contributed by atoms with van der Waals surface area (Å²) in [6.45, 7) is 5.28. The van der Waals surface area contributed by atoms with Crippen LogP contribution < -0.4 is 15.2 Å². The van der Waals surface area contributed by atoms with Gasteiger partial charge in [0.25, 0.3) is 0 Å². The van der Waals surface area contributed by atoms with Gasteiger partial charge in [-0.05, 0) is 42.2 Å². The fraction of sp³-hybridized carbons (Fsp3) is 0.333. The Morgan fingerprint density at radius 2 is 1.86 bits per heavy atom. The van der Waals surface area contributed by atoms with Crippen LogP contribution in [0.2, 0.25) is 0 Å². The Balaban J connectivity index is 1.92. The van der Waals surface area contributed by atoms with E-state index in [9.17, 15) is 0 Å². The molecule has 21 heavy (non-hydrogen) atoms. The Labute approximate surface area is 125 Å². The van der Waals surface area contributed by atoms with Crippen molar-refractivity contribution in [1.82, 2.24) is 0 Å². The second-order valence-corrected chi connectivity index (χ2v) is 5.94. The third kappa shape index (κ3) is 2.61. The number of ether oxygens (including phenoxy) is 2. The molecule has 0 radical (unpaired) electrons. The number of hydrogen-bond acceptors (Lipinski definition) is 3. The molecule has 0 aromatic heterocycles. The third-order valence-electron chi connectivity index (χ3n) is 4.28. The van der Waals surface area contributed by atoms with E-state index in [1.165, 1.54) is 16.7 Å². The highest BCUT2D eigenvalue weighted by atomic mass is 16.7. The van der Waals surface area contributed by atoms with Gasteiger partial charge in [0.1, 0.15) is 0 Å². The van der Waals surface area contributed by atoms with Crippen LogP contribution in [0.1, 0.15) is 23.6 Å². The minimum absolute atomic E-state index is 0.0843. The van der Waals surface area contributed by atoms with Crippen LogP contribution in [0.4, 0.5) is 0 Å². The molecule has 0 saturated heterocycles. The van der Waals surface area contributed by atoms with Crippen molar-refractivity contribution < 1.29 is 9.47 Å². The van der Waals surface area contributed by atoms with Crippen molar-refractivity contribution in [3.63, 3.8) is 0 Å². The van der Waals surface area contributed by atoms with Crippen molar-refractivity contribution in [2.45, 2.75) is 25.7 Å². The van der Waals surface area contributed by atoms with Crippen LogP contribution >= 0.6 is 0 Å². The first-order valence-electron chi connectivity index (χ1n) is 7.27. The van der Waals surface area contributed by atoms with E-state index in [1.54, 1.807) is 0 Å². The molecule has 1 aliphatic rings. The van der Waals surface area contributed by atoms with Crippen LogP contribution in [0.15, 0.2) is 42.5 Å². The lowest BCUT2D eigenvalue weighted by atomic mass is 9.75. The number of benzene rings is 2. The highest BCUT2D eigenvalue weighted by Crippen LogP contribution is 2.36. The first-order chi connectivity index (χ1) is 10.1. The molecule has 0 aliphatic carbocycles. The van der Waals surface area contributed by atoms with Crippen molar-refractivity contribution in [3.05, 3.63) is 59.2 Å². The molecule has 3 heteroatoms. The molecule has 0 fully saturated rings. The summed E-state index contributed by atoms with van der Waals surface area (Å²) in [6.07, 6.45) is 0.880. The van der Waals surface area contributed by atoms with E-state index >= 15 is 0 Å². The largest absolute Gasteiger partial charge is 0.454 e. The first-order valence-corrected chi connectivity index (χ1v) is 7.27. The Hall–Kier alpha value is -2.00. The molecule has 1 unspecified atom stereocenters. The van der Waals surface area contributed by atoms with Crippen molar-refractivity contribution in [2.24, 2.45) is 5.73 Å². The van der Waals surface area contributed by atoms with Crippen molar-refractivity contribution in [3.8, 4) is 11.5 Å². The van der Waals surface area contributed by atoms with Gasteiger partial charge < -0.3 is 15.2 Å². The summed E-state index contributed by atoms with van der Waals surface area (Å²) in [5.41, 5.74) is 9.84. The van der Waals surface area contributed by atoms with Gasteiger partial charge in [0.2, 0.25) is 6.79 Å². The van der Waals surface area contributed by atoms with Crippen molar-refractivity contribution >= 4 is 0 Å². The molecule has 110 valence electrons. The smallest absolute Gasteiger partial charge is 0.231 e. The summed E-state index contributed by atoms with van der Waals surface area (Å²) < 4.78 is 10.8. The third-order valence-corrected chi connectivity index (χ3v) is 4.28. The zero-order valence-corrected chi connectivity index (χ0v) is 12.6. The van der Waals surface area contributed by atoms with E-state index in [1.807, 2.05) is 6.07 Å². The Kier molecular flexibility index (Phi) is 3.60. The maximum absolute atomic E-state index is 6.11. The second kappa shape index (κ2) is 5.41. The van der Waals surface area contributed by atoms with Gasteiger partial charge in [0, 0.05) is 12.0 Å². The average Bonchev–Trinajstić information content (AvgIpc) is 2.95. The molecule has 3 nitrogen and oxygen atoms in total. The van der Waals surface area contributed by atoms with Crippen molar-refractivity contribution in [2.75, 3.05) is 13.3 Å². The predicted molar refractivity (Wildman–Crippen MR) is 83.9 cm³/mol. The Bertz CT molecular complexity index is 653. The zero-order chi connectivity index (χ0) is 14.9. The highest BCUT2D eigenvalue weighted by molar-refractivity contribution is 5.45.